The van der Waals surface area contributed by atoms with Crippen molar-refractivity contribution in [2.75, 3.05) is 0 Å². The first-order chi connectivity index (χ1) is 8.34. The van der Waals surface area contributed by atoms with Gasteiger partial charge in [-0.15, -0.1) is 0 Å². The van der Waals surface area contributed by atoms with Gasteiger partial charge in [0.05, 0.1) is 11.4 Å². The topological polar surface area (TPSA) is 59.6 Å². The van der Waals surface area contributed by atoms with E-state index in [-0.39, 0.29) is 0 Å². The van der Waals surface area contributed by atoms with Crippen LogP contribution < -0.4 is 0 Å². The van der Waals surface area contributed by atoms with Crippen molar-refractivity contribution in [3.8, 4) is 0 Å². The van der Waals surface area contributed by atoms with Crippen molar-refractivity contribution in [1.82, 2.24) is 19.7 Å². The maximum Gasteiger partial charge on any atom is 0.270 e. The van der Waals surface area contributed by atoms with Crippen LogP contribution >= 0.6 is 24.0 Å². The molecule has 0 aliphatic heterocycles. The standard InChI is InChI=1S/C10H8N4OS2/c16-10-14(6-17-9-11-5-12-13-9)7-3-1-2-4-8(7)15-10/h1-5H,6H2,(H,11,12,13). The number of thioether (sulfide) groups is 1. The summed E-state index contributed by atoms with van der Waals surface area (Å²) < 4.78 is 7.42. The molecule has 5 nitrogen and oxygen atoms in total. The second-order valence-corrected chi connectivity index (χ2v) is 4.61. The van der Waals surface area contributed by atoms with Gasteiger partial charge in [0, 0.05) is 0 Å². The van der Waals surface area contributed by atoms with Gasteiger partial charge >= 0.3 is 0 Å². The zero-order valence-corrected chi connectivity index (χ0v) is 10.3. The molecule has 0 aliphatic rings. The van der Waals surface area contributed by atoms with E-state index in [1.54, 1.807) is 0 Å². The lowest BCUT2D eigenvalue weighted by Gasteiger charge is -1.99. The molecule has 0 spiro atoms. The highest BCUT2D eigenvalue weighted by molar-refractivity contribution is 7.98. The molecule has 0 saturated heterocycles. The Morgan fingerprint density at radius 1 is 1.41 bits per heavy atom. The normalized spacial score (nSPS) is 11.1. The molecule has 0 amide bonds. The predicted molar refractivity (Wildman–Crippen MR) is 67.3 cm³/mol. The number of H-pyrrole nitrogens is 1. The van der Waals surface area contributed by atoms with Gasteiger partial charge in [0.1, 0.15) is 6.33 Å². The van der Waals surface area contributed by atoms with E-state index in [1.807, 2.05) is 28.8 Å². The summed E-state index contributed by atoms with van der Waals surface area (Å²) in [6.45, 7) is 0. The summed E-state index contributed by atoms with van der Waals surface area (Å²) in [6.07, 6.45) is 1.48. The summed E-state index contributed by atoms with van der Waals surface area (Å²) in [7, 11) is 0. The van der Waals surface area contributed by atoms with Crippen molar-refractivity contribution in [1.29, 1.82) is 0 Å². The number of para-hydroxylation sites is 2. The summed E-state index contributed by atoms with van der Waals surface area (Å²) in [5.74, 6) is 0.644. The molecule has 1 aromatic carbocycles. The largest absolute Gasteiger partial charge is 0.429 e. The molecule has 0 bridgehead atoms. The Balaban J connectivity index is 1.94. The predicted octanol–water partition coefficient (Wildman–Crippen LogP) is 2.83. The fourth-order valence-corrected chi connectivity index (χ4v) is 2.61. The quantitative estimate of drug-likeness (QED) is 0.582. The van der Waals surface area contributed by atoms with Gasteiger partial charge in [0.15, 0.2) is 10.7 Å². The fourth-order valence-electron chi connectivity index (χ4n) is 1.53. The van der Waals surface area contributed by atoms with Gasteiger partial charge in [-0.1, -0.05) is 23.9 Å². The van der Waals surface area contributed by atoms with Crippen LogP contribution in [0.15, 0.2) is 40.2 Å². The fraction of sp³-hybridized carbons (Fsp3) is 0.100. The number of aromatic amines is 1. The van der Waals surface area contributed by atoms with Crippen LogP contribution in [0.25, 0.3) is 11.1 Å². The first-order valence-electron chi connectivity index (χ1n) is 4.91. The van der Waals surface area contributed by atoms with E-state index in [0.29, 0.717) is 10.7 Å². The molecule has 1 N–H and O–H groups in total. The van der Waals surface area contributed by atoms with Crippen LogP contribution in [-0.4, -0.2) is 19.7 Å². The Labute approximate surface area is 106 Å². The molecule has 0 unspecified atom stereocenters. The molecular formula is C10H8N4OS2. The van der Waals surface area contributed by atoms with Crippen molar-refractivity contribution in [3.05, 3.63) is 35.4 Å². The van der Waals surface area contributed by atoms with Crippen molar-refractivity contribution >= 4 is 35.1 Å². The van der Waals surface area contributed by atoms with Gasteiger partial charge in [-0.25, -0.2) is 4.98 Å². The number of nitrogens with one attached hydrogen (secondary N) is 1. The maximum atomic E-state index is 5.49. The summed E-state index contributed by atoms with van der Waals surface area (Å²) in [5.41, 5.74) is 1.79. The van der Waals surface area contributed by atoms with Crippen LogP contribution in [0.2, 0.25) is 0 Å². The second-order valence-electron chi connectivity index (χ2n) is 3.33. The van der Waals surface area contributed by atoms with E-state index in [0.717, 1.165) is 16.3 Å². The van der Waals surface area contributed by atoms with E-state index in [9.17, 15) is 0 Å². The molecule has 2 aromatic heterocycles. The van der Waals surface area contributed by atoms with E-state index in [4.69, 9.17) is 16.6 Å². The minimum atomic E-state index is 0.471. The van der Waals surface area contributed by atoms with Gasteiger partial charge in [0.25, 0.3) is 4.84 Å². The Kier molecular flexibility index (Phi) is 2.69. The monoisotopic (exact) mass is 264 g/mol. The Hall–Kier alpha value is -1.60. The zero-order chi connectivity index (χ0) is 11.7. The minimum Gasteiger partial charge on any atom is -0.429 e. The summed E-state index contributed by atoms with van der Waals surface area (Å²) in [6, 6.07) is 7.77. The average molecular weight is 264 g/mol. The third kappa shape index (κ3) is 1.98. The lowest BCUT2D eigenvalue weighted by molar-refractivity contribution is 0.557. The third-order valence-electron chi connectivity index (χ3n) is 2.30. The van der Waals surface area contributed by atoms with E-state index in [2.05, 4.69) is 15.2 Å². The molecule has 3 rings (SSSR count). The number of hydrogen-bond acceptors (Lipinski definition) is 5. The average Bonchev–Trinajstić information content (AvgIpc) is 2.93. The molecular weight excluding hydrogens is 256 g/mol. The van der Waals surface area contributed by atoms with E-state index in [1.165, 1.54) is 18.1 Å². The number of aromatic nitrogens is 4. The Morgan fingerprint density at radius 2 is 2.29 bits per heavy atom. The molecule has 3 aromatic rings. The minimum absolute atomic E-state index is 0.471. The lowest BCUT2D eigenvalue weighted by Crippen LogP contribution is -1.94. The van der Waals surface area contributed by atoms with Gasteiger partial charge in [0.2, 0.25) is 0 Å². The highest BCUT2D eigenvalue weighted by atomic mass is 32.2. The van der Waals surface area contributed by atoms with Gasteiger partial charge in [-0.05, 0) is 24.4 Å². The van der Waals surface area contributed by atoms with Crippen LogP contribution in [-0.2, 0) is 5.88 Å². The van der Waals surface area contributed by atoms with Crippen molar-refractivity contribution < 1.29 is 4.42 Å². The molecule has 0 atom stereocenters. The molecule has 0 radical (unpaired) electrons. The molecule has 0 aliphatic carbocycles. The van der Waals surface area contributed by atoms with E-state index >= 15 is 0 Å². The molecule has 0 fully saturated rings. The number of fused-ring (bicyclic) bond motifs is 1. The smallest absolute Gasteiger partial charge is 0.270 e. The van der Waals surface area contributed by atoms with Crippen molar-refractivity contribution in [2.24, 2.45) is 0 Å². The van der Waals surface area contributed by atoms with Crippen LogP contribution in [0, 0.1) is 4.84 Å². The third-order valence-corrected chi connectivity index (χ3v) is 3.46. The molecule has 7 heteroatoms. The van der Waals surface area contributed by atoms with Gasteiger partial charge in [-0.3, -0.25) is 9.67 Å². The molecule has 0 saturated carbocycles. The summed E-state index contributed by atoms with van der Waals surface area (Å²) in [5, 5.41) is 7.34. The zero-order valence-electron chi connectivity index (χ0n) is 8.66. The molecule has 86 valence electrons. The summed E-state index contributed by atoms with van der Waals surface area (Å²) in [4.78, 5) is 4.51. The van der Waals surface area contributed by atoms with Crippen molar-refractivity contribution in [2.45, 2.75) is 11.0 Å². The molecule has 17 heavy (non-hydrogen) atoms. The van der Waals surface area contributed by atoms with Crippen LogP contribution in [0.1, 0.15) is 0 Å². The SMILES string of the molecule is S=c1oc2ccccc2n1CSc1ncn[nH]1. The van der Waals surface area contributed by atoms with E-state index < -0.39 is 0 Å². The number of oxazole rings is 1. The van der Waals surface area contributed by atoms with Gasteiger partial charge in [-0.2, -0.15) is 5.10 Å². The highest BCUT2D eigenvalue weighted by Gasteiger charge is 2.06. The second kappa shape index (κ2) is 4.34. The first-order valence-corrected chi connectivity index (χ1v) is 6.30. The number of benzene rings is 1. The number of rotatable bonds is 3. The first kappa shape index (κ1) is 10.5. The van der Waals surface area contributed by atoms with Crippen LogP contribution in [0.5, 0.6) is 0 Å². The Bertz CT molecular complexity index is 686. The molecule has 2 heterocycles. The number of hydrogen-bond donors (Lipinski definition) is 1. The lowest BCUT2D eigenvalue weighted by atomic mass is 10.3. The summed E-state index contributed by atoms with van der Waals surface area (Å²) >= 11 is 6.71. The maximum absolute atomic E-state index is 5.49. The van der Waals surface area contributed by atoms with Crippen LogP contribution in [0.3, 0.4) is 0 Å². The van der Waals surface area contributed by atoms with Crippen molar-refractivity contribution in [3.63, 3.8) is 0 Å². The van der Waals surface area contributed by atoms with Gasteiger partial charge < -0.3 is 4.42 Å². The van der Waals surface area contributed by atoms with Crippen LogP contribution in [0.4, 0.5) is 0 Å². The Morgan fingerprint density at radius 3 is 3.12 bits per heavy atom. The number of nitrogens with zero attached hydrogens (tertiary/aromatic N) is 3. The highest BCUT2D eigenvalue weighted by Crippen LogP contribution is 2.21.